The Morgan fingerprint density at radius 2 is 1.74 bits per heavy atom. The minimum absolute atomic E-state index is 0.285. The highest BCUT2D eigenvalue weighted by molar-refractivity contribution is 5.67. The van der Waals surface area contributed by atoms with Crippen molar-refractivity contribution in [3.05, 3.63) is 53.3 Å². The summed E-state index contributed by atoms with van der Waals surface area (Å²) in [5.74, 6) is 0. The molecule has 0 aliphatic carbocycles. The van der Waals surface area contributed by atoms with Gasteiger partial charge in [0.1, 0.15) is 0 Å². The fraction of sp³-hybridized carbons (Fsp3) is 0.353. The van der Waals surface area contributed by atoms with Gasteiger partial charge >= 0.3 is 0 Å². The van der Waals surface area contributed by atoms with Gasteiger partial charge < -0.3 is 5.11 Å². The maximum absolute atomic E-state index is 8.79. The van der Waals surface area contributed by atoms with Gasteiger partial charge in [-0.3, -0.25) is 4.98 Å². The van der Waals surface area contributed by atoms with Crippen molar-refractivity contribution in [3.8, 4) is 11.1 Å². The molecule has 1 aromatic carbocycles. The molecular formula is C17H21NO. The van der Waals surface area contributed by atoms with E-state index in [1.165, 1.54) is 22.3 Å². The van der Waals surface area contributed by atoms with Gasteiger partial charge in [-0.15, -0.1) is 0 Å². The molecule has 100 valence electrons. The number of unbranched alkanes of at least 4 members (excludes halogenated alkanes) is 1. The smallest absolute Gasteiger partial charge is 0.0431 e. The van der Waals surface area contributed by atoms with Crippen molar-refractivity contribution in [2.24, 2.45) is 0 Å². The molecule has 1 heterocycles. The van der Waals surface area contributed by atoms with Crippen molar-refractivity contribution < 1.29 is 5.11 Å². The van der Waals surface area contributed by atoms with Crippen molar-refractivity contribution in [1.29, 1.82) is 0 Å². The first-order valence-corrected chi connectivity index (χ1v) is 6.84. The minimum atomic E-state index is 0.285. The summed E-state index contributed by atoms with van der Waals surface area (Å²) in [5.41, 5.74) is 6.17. The monoisotopic (exact) mass is 255 g/mol. The van der Waals surface area contributed by atoms with E-state index in [0.717, 1.165) is 25.0 Å². The van der Waals surface area contributed by atoms with Crippen LogP contribution in [0.5, 0.6) is 0 Å². The summed E-state index contributed by atoms with van der Waals surface area (Å²) >= 11 is 0. The maximum Gasteiger partial charge on any atom is 0.0431 e. The average Bonchev–Trinajstić information content (AvgIpc) is 2.43. The number of aliphatic hydroxyl groups is 1. The number of pyridine rings is 1. The predicted molar refractivity (Wildman–Crippen MR) is 79.2 cm³/mol. The summed E-state index contributed by atoms with van der Waals surface area (Å²) in [5, 5.41) is 8.79. The third-order valence-corrected chi connectivity index (χ3v) is 3.59. The molecule has 0 amide bonds. The highest BCUT2D eigenvalue weighted by Gasteiger charge is 2.04. The minimum Gasteiger partial charge on any atom is -0.396 e. The zero-order chi connectivity index (χ0) is 13.7. The summed E-state index contributed by atoms with van der Waals surface area (Å²) in [7, 11) is 0. The second-order valence-corrected chi connectivity index (χ2v) is 4.95. The predicted octanol–water partition coefficient (Wildman–Crippen LogP) is 3.68. The molecule has 0 fully saturated rings. The summed E-state index contributed by atoms with van der Waals surface area (Å²) in [6.45, 7) is 4.45. The Morgan fingerprint density at radius 1 is 1.00 bits per heavy atom. The fourth-order valence-electron chi connectivity index (χ4n) is 2.24. The number of aromatic nitrogens is 1. The first kappa shape index (κ1) is 13.8. The zero-order valence-electron chi connectivity index (χ0n) is 11.7. The van der Waals surface area contributed by atoms with Gasteiger partial charge in [0.05, 0.1) is 0 Å². The molecule has 0 aliphatic rings. The van der Waals surface area contributed by atoms with Crippen LogP contribution in [0, 0.1) is 13.8 Å². The van der Waals surface area contributed by atoms with Crippen LogP contribution in [0.1, 0.15) is 29.7 Å². The summed E-state index contributed by atoms with van der Waals surface area (Å²) in [6, 6.07) is 10.8. The van der Waals surface area contributed by atoms with Crippen LogP contribution in [-0.2, 0) is 6.42 Å². The number of hydrogen-bond donors (Lipinski definition) is 1. The fourth-order valence-corrected chi connectivity index (χ4v) is 2.24. The number of aliphatic hydroxyl groups excluding tert-OH is 1. The SMILES string of the molecule is Cc1nccc(-c2ccc(CCCCO)cc2)c1C. The molecule has 0 bridgehead atoms. The van der Waals surface area contributed by atoms with E-state index < -0.39 is 0 Å². The van der Waals surface area contributed by atoms with Crippen LogP contribution in [-0.4, -0.2) is 16.7 Å². The van der Waals surface area contributed by atoms with E-state index in [2.05, 4.69) is 42.2 Å². The summed E-state index contributed by atoms with van der Waals surface area (Å²) < 4.78 is 0. The van der Waals surface area contributed by atoms with Gasteiger partial charge in [-0.1, -0.05) is 24.3 Å². The zero-order valence-corrected chi connectivity index (χ0v) is 11.7. The highest BCUT2D eigenvalue weighted by atomic mass is 16.2. The van der Waals surface area contributed by atoms with Crippen LogP contribution in [0.4, 0.5) is 0 Å². The second-order valence-electron chi connectivity index (χ2n) is 4.95. The van der Waals surface area contributed by atoms with Crippen molar-refractivity contribution in [2.75, 3.05) is 6.61 Å². The molecule has 0 saturated carbocycles. The van der Waals surface area contributed by atoms with Gasteiger partial charge in [-0.2, -0.15) is 0 Å². The normalized spacial score (nSPS) is 10.7. The third kappa shape index (κ3) is 3.42. The van der Waals surface area contributed by atoms with Crippen LogP contribution in [0.15, 0.2) is 36.5 Å². The first-order valence-electron chi connectivity index (χ1n) is 6.84. The molecule has 0 radical (unpaired) electrons. The van der Waals surface area contributed by atoms with Crippen LogP contribution >= 0.6 is 0 Å². The van der Waals surface area contributed by atoms with E-state index in [4.69, 9.17) is 5.11 Å². The van der Waals surface area contributed by atoms with Gasteiger partial charge in [0.2, 0.25) is 0 Å². The molecule has 2 nitrogen and oxygen atoms in total. The summed E-state index contributed by atoms with van der Waals surface area (Å²) in [4.78, 5) is 4.31. The Kier molecular flexibility index (Phi) is 4.69. The molecule has 2 aromatic rings. The van der Waals surface area contributed by atoms with Gasteiger partial charge in [0, 0.05) is 18.5 Å². The molecule has 19 heavy (non-hydrogen) atoms. The number of hydrogen-bond acceptors (Lipinski definition) is 2. The Balaban J connectivity index is 2.16. The molecule has 2 rings (SSSR count). The number of benzene rings is 1. The number of rotatable bonds is 5. The largest absolute Gasteiger partial charge is 0.396 e. The lowest BCUT2D eigenvalue weighted by Gasteiger charge is -2.09. The van der Waals surface area contributed by atoms with E-state index in [9.17, 15) is 0 Å². The number of nitrogens with zero attached hydrogens (tertiary/aromatic N) is 1. The third-order valence-electron chi connectivity index (χ3n) is 3.59. The number of aryl methyl sites for hydroxylation is 2. The van der Waals surface area contributed by atoms with Gasteiger partial charge in [-0.05, 0) is 61.4 Å². The summed E-state index contributed by atoms with van der Waals surface area (Å²) in [6.07, 6.45) is 4.83. The Morgan fingerprint density at radius 3 is 2.42 bits per heavy atom. The molecule has 0 saturated heterocycles. The molecule has 0 atom stereocenters. The topological polar surface area (TPSA) is 33.1 Å². The molecule has 0 unspecified atom stereocenters. The first-order chi connectivity index (χ1) is 9.22. The van der Waals surface area contributed by atoms with Crippen molar-refractivity contribution in [1.82, 2.24) is 4.98 Å². The van der Waals surface area contributed by atoms with Crippen LogP contribution in [0.2, 0.25) is 0 Å². The second kappa shape index (κ2) is 6.48. The quantitative estimate of drug-likeness (QED) is 0.827. The van der Waals surface area contributed by atoms with E-state index in [-0.39, 0.29) is 6.61 Å². The average molecular weight is 255 g/mol. The van der Waals surface area contributed by atoms with Crippen molar-refractivity contribution >= 4 is 0 Å². The molecule has 1 N–H and O–H groups in total. The highest BCUT2D eigenvalue weighted by Crippen LogP contribution is 2.24. The van der Waals surface area contributed by atoms with Crippen LogP contribution in [0.3, 0.4) is 0 Å². The van der Waals surface area contributed by atoms with Gasteiger partial charge in [0.25, 0.3) is 0 Å². The standard InChI is InChI=1S/C17H21NO/c1-13-14(2)18-11-10-17(13)16-8-6-15(7-9-16)5-3-4-12-19/h6-11,19H,3-5,12H2,1-2H3. The molecule has 0 aliphatic heterocycles. The Hall–Kier alpha value is -1.67. The lowest BCUT2D eigenvalue weighted by atomic mass is 9.98. The van der Waals surface area contributed by atoms with Crippen molar-refractivity contribution in [3.63, 3.8) is 0 Å². The Bertz CT molecular complexity index is 531. The van der Waals surface area contributed by atoms with Gasteiger partial charge in [0.15, 0.2) is 0 Å². The lowest BCUT2D eigenvalue weighted by Crippen LogP contribution is -1.92. The molecule has 1 aromatic heterocycles. The van der Waals surface area contributed by atoms with Gasteiger partial charge in [-0.25, -0.2) is 0 Å². The van der Waals surface area contributed by atoms with E-state index in [0.29, 0.717) is 0 Å². The molecule has 0 spiro atoms. The van der Waals surface area contributed by atoms with E-state index in [1.807, 2.05) is 13.1 Å². The Labute approximate surface area is 115 Å². The lowest BCUT2D eigenvalue weighted by molar-refractivity contribution is 0.284. The van der Waals surface area contributed by atoms with Crippen molar-refractivity contribution in [2.45, 2.75) is 33.1 Å². The van der Waals surface area contributed by atoms with Crippen LogP contribution < -0.4 is 0 Å². The maximum atomic E-state index is 8.79. The molecule has 2 heteroatoms. The molecular weight excluding hydrogens is 234 g/mol. The van der Waals surface area contributed by atoms with E-state index >= 15 is 0 Å². The van der Waals surface area contributed by atoms with E-state index in [1.54, 1.807) is 0 Å². The van der Waals surface area contributed by atoms with Crippen LogP contribution in [0.25, 0.3) is 11.1 Å².